The summed E-state index contributed by atoms with van der Waals surface area (Å²) in [6.45, 7) is 5.93. The maximum atomic E-state index is 12.4. The molecule has 0 aromatic heterocycles. The molecule has 0 unspecified atom stereocenters. The number of aliphatic hydroxyl groups excluding tert-OH is 2. The van der Waals surface area contributed by atoms with Gasteiger partial charge in [0, 0.05) is 0 Å². The summed E-state index contributed by atoms with van der Waals surface area (Å²) in [5.74, 6) is -0.945. The molecule has 0 aromatic carbocycles. The van der Waals surface area contributed by atoms with E-state index < -0.39 is 23.6 Å². The van der Waals surface area contributed by atoms with Gasteiger partial charge in [0.15, 0.2) is 5.78 Å². The topological polar surface area (TPSA) is 83.8 Å². The molecule has 1 rings (SSSR count). The SMILES string of the molecule is COC(=O)C[C@@]1([C@H](O)/C=C(\C)CCC=C(C)C)C[C@H](O)C=CC1=O. The zero-order valence-corrected chi connectivity index (χ0v) is 14.9. The molecule has 0 saturated carbocycles. The number of ketones is 1. The Bertz CT molecular complexity index is 554. The van der Waals surface area contributed by atoms with Gasteiger partial charge in [-0.05, 0) is 46.1 Å². The molecule has 24 heavy (non-hydrogen) atoms. The number of esters is 1. The smallest absolute Gasteiger partial charge is 0.306 e. The third-order valence-electron chi connectivity index (χ3n) is 4.32. The third kappa shape index (κ3) is 5.42. The fraction of sp³-hybridized carbons (Fsp3) is 0.579. The van der Waals surface area contributed by atoms with Crippen LogP contribution in [0.3, 0.4) is 0 Å². The van der Waals surface area contributed by atoms with Gasteiger partial charge in [-0.2, -0.15) is 0 Å². The number of aliphatic hydroxyl groups is 2. The Hall–Kier alpha value is -1.72. The van der Waals surface area contributed by atoms with Crippen LogP contribution in [-0.4, -0.2) is 41.3 Å². The molecular formula is C19H28O5. The second-order valence-electron chi connectivity index (χ2n) is 6.68. The highest BCUT2D eigenvalue weighted by Gasteiger charge is 2.47. The van der Waals surface area contributed by atoms with Crippen molar-refractivity contribution in [3.63, 3.8) is 0 Å². The van der Waals surface area contributed by atoms with Crippen molar-refractivity contribution < 1.29 is 24.5 Å². The third-order valence-corrected chi connectivity index (χ3v) is 4.32. The van der Waals surface area contributed by atoms with E-state index in [4.69, 9.17) is 0 Å². The van der Waals surface area contributed by atoms with E-state index in [0.29, 0.717) is 0 Å². The molecule has 1 aliphatic carbocycles. The second kappa shape index (κ2) is 8.94. The Labute approximate surface area is 143 Å². The summed E-state index contributed by atoms with van der Waals surface area (Å²) in [6, 6.07) is 0. The minimum absolute atomic E-state index is 0.00362. The molecule has 5 nitrogen and oxygen atoms in total. The number of allylic oxidation sites excluding steroid dienone is 4. The van der Waals surface area contributed by atoms with Gasteiger partial charge in [-0.3, -0.25) is 9.59 Å². The van der Waals surface area contributed by atoms with E-state index >= 15 is 0 Å². The molecule has 0 aliphatic heterocycles. The summed E-state index contributed by atoms with van der Waals surface area (Å²) < 4.78 is 4.67. The Morgan fingerprint density at radius 2 is 2.12 bits per heavy atom. The predicted octanol–water partition coefficient (Wildman–Crippen LogP) is 2.48. The molecule has 0 saturated heterocycles. The number of rotatable bonds is 7. The summed E-state index contributed by atoms with van der Waals surface area (Å²) in [6.07, 6.45) is 5.65. The van der Waals surface area contributed by atoms with Crippen LogP contribution in [0, 0.1) is 5.41 Å². The number of hydrogen-bond acceptors (Lipinski definition) is 5. The molecule has 3 atom stereocenters. The van der Waals surface area contributed by atoms with Crippen LogP contribution in [0.15, 0.2) is 35.5 Å². The average Bonchev–Trinajstić information content (AvgIpc) is 2.50. The van der Waals surface area contributed by atoms with Crippen molar-refractivity contribution in [2.45, 2.75) is 58.7 Å². The number of carbonyl (C=O) groups excluding carboxylic acids is 2. The van der Waals surface area contributed by atoms with Crippen molar-refractivity contribution >= 4 is 11.8 Å². The Balaban J connectivity index is 3.02. The van der Waals surface area contributed by atoms with E-state index in [-0.39, 0.29) is 18.6 Å². The summed E-state index contributed by atoms with van der Waals surface area (Å²) in [4.78, 5) is 24.2. The molecule has 2 N–H and O–H groups in total. The predicted molar refractivity (Wildman–Crippen MR) is 92.3 cm³/mol. The van der Waals surface area contributed by atoms with Crippen LogP contribution in [0.5, 0.6) is 0 Å². The summed E-state index contributed by atoms with van der Waals surface area (Å²) in [5, 5.41) is 20.6. The van der Waals surface area contributed by atoms with E-state index in [1.807, 2.05) is 20.8 Å². The largest absolute Gasteiger partial charge is 0.469 e. The molecule has 0 aromatic rings. The standard InChI is InChI=1S/C19H28O5/c1-13(2)6-5-7-14(3)10-17(22)19(12-18(23)24-4)11-15(20)8-9-16(19)21/h6,8-10,15,17,20,22H,5,7,11-12H2,1-4H3/b14-10+/t15-,17-,19+/m1/s1. The van der Waals surface area contributed by atoms with Crippen molar-refractivity contribution in [3.05, 3.63) is 35.5 Å². The van der Waals surface area contributed by atoms with Gasteiger partial charge in [0.1, 0.15) is 0 Å². The van der Waals surface area contributed by atoms with Crippen molar-refractivity contribution in [2.24, 2.45) is 5.41 Å². The highest BCUT2D eigenvalue weighted by molar-refractivity contribution is 5.98. The molecule has 0 radical (unpaired) electrons. The highest BCUT2D eigenvalue weighted by Crippen LogP contribution is 2.38. The van der Waals surface area contributed by atoms with Gasteiger partial charge in [0.25, 0.3) is 0 Å². The minimum Gasteiger partial charge on any atom is -0.469 e. The van der Waals surface area contributed by atoms with Gasteiger partial charge in [0.2, 0.25) is 0 Å². The molecule has 0 heterocycles. The van der Waals surface area contributed by atoms with E-state index in [9.17, 15) is 19.8 Å². The molecular weight excluding hydrogens is 308 g/mol. The van der Waals surface area contributed by atoms with Crippen LogP contribution in [0.1, 0.15) is 46.5 Å². The second-order valence-corrected chi connectivity index (χ2v) is 6.68. The first-order valence-corrected chi connectivity index (χ1v) is 8.17. The summed E-state index contributed by atoms with van der Waals surface area (Å²) >= 11 is 0. The monoisotopic (exact) mass is 336 g/mol. The quantitative estimate of drug-likeness (QED) is 0.551. The van der Waals surface area contributed by atoms with E-state index in [1.54, 1.807) is 6.08 Å². The van der Waals surface area contributed by atoms with Crippen molar-refractivity contribution in [3.8, 4) is 0 Å². The molecule has 134 valence electrons. The molecule has 0 fully saturated rings. The van der Waals surface area contributed by atoms with Crippen molar-refractivity contribution in [1.82, 2.24) is 0 Å². The molecule has 5 heteroatoms. The van der Waals surface area contributed by atoms with E-state index in [1.165, 1.54) is 24.8 Å². The zero-order chi connectivity index (χ0) is 18.3. The van der Waals surface area contributed by atoms with Gasteiger partial charge >= 0.3 is 5.97 Å². The van der Waals surface area contributed by atoms with Crippen molar-refractivity contribution in [1.29, 1.82) is 0 Å². The van der Waals surface area contributed by atoms with Crippen molar-refractivity contribution in [2.75, 3.05) is 7.11 Å². The number of ether oxygens (including phenoxy) is 1. The minimum atomic E-state index is -1.38. The lowest BCUT2D eigenvalue weighted by Crippen LogP contribution is -2.47. The van der Waals surface area contributed by atoms with Crippen LogP contribution < -0.4 is 0 Å². The number of carbonyl (C=O) groups is 2. The summed E-state index contributed by atoms with van der Waals surface area (Å²) in [7, 11) is 1.24. The highest BCUT2D eigenvalue weighted by atomic mass is 16.5. The van der Waals surface area contributed by atoms with Crippen LogP contribution in [0.2, 0.25) is 0 Å². The van der Waals surface area contributed by atoms with E-state index in [0.717, 1.165) is 18.4 Å². The molecule has 0 spiro atoms. The summed E-state index contributed by atoms with van der Waals surface area (Å²) in [5.41, 5.74) is 0.779. The lowest BCUT2D eigenvalue weighted by Gasteiger charge is -2.37. The fourth-order valence-corrected chi connectivity index (χ4v) is 2.87. The lowest BCUT2D eigenvalue weighted by atomic mass is 9.68. The van der Waals surface area contributed by atoms with Crippen LogP contribution in [-0.2, 0) is 14.3 Å². The Kier molecular flexibility index (Phi) is 7.58. The Morgan fingerprint density at radius 3 is 2.71 bits per heavy atom. The van der Waals surface area contributed by atoms with Gasteiger partial charge in [-0.1, -0.05) is 29.4 Å². The fourth-order valence-electron chi connectivity index (χ4n) is 2.87. The normalized spacial score (nSPS) is 25.3. The van der Waals surface area contributed by atoms with Crippen LogP contribution >= 0.6 is 0 Å². The lowest BCUT2D eigenvalue weighted by molar-refractivity contribution is -0.151. The maximum absolute atomic E-state index is 12.4. The van der Waals surface area contributed by atoms with E-state index in [2.05, 4.69) is 10.8 Å². The maximum Gasteiger partial charge on any atom is 0.306 e. The van der Waals surface area contributed by atoms with Crippen LogP contribution in [0.4, 0.5) is 0 Å². The molecule has 1 aliphatic rings. The first kappa shape index (κ1) is 20.3. The molecule has 0 amide bonds. The average molecular weight is 336 g/mol. The first-order chi connectivity index (χ1) is 11.2. The number of methoxy groups -OCH3 is 1. The van der Waals surface area contributed by atoms with Gasteiger partial charge in [-0.15, -0.1) is 0 Å². The number of hydrogen-bond donors (Lipinski definition) is 2. The van der Waals surface area contributed by atoms with Gasteiger partial charge in [-0.25, -0.2) is 0 Å². The first-order valence-electron chi connectivity index (χ1n) is 8.17. The Morgan fingerprint density at radius 1 is 1.46 bits per heavy atom. The molecule has 0 bridgehead atoms. The van der Waals surface area contributed by atoms with Gasteiger partial charge < -0.3 is 14.9 Å². The van der Waals surface area contributed by atoms with Crippen LogP contribution in [0.25, 0.3) is 0 Å². The zero-order valence-electron chi connectivity index (χ0n) is 14.9. The van der Waals surface area contributed by atoms with Gasteiger partial charge in [0.05, 0.1) is 31.2 Å².